The van der Waals surface area contributed by atoms with Crippen LogP contribution in [0.15, 0.2) is 0 Å². The zero-order valence-corrected chi connectivity index (χ0v) is 22.5. The second-order valence-corrected chi connectivity index (χ2v) is 15.0. The largest absolute Gasteiger partial charge is 0.420 e. The molecular weight excluding hydrogens is 370 g/mol. The lowest BCUT2D eigenvalue weighted by molar-refractivity contribution is 0.246. The highest BCUT2D eigenvalue weighted by Crippen LogP contribution is 2.42. The number of rotatable bonds is 20. The van der Waals surface area contributed by atoms with Crippen molar-refractivity contribution in [3.63, 3.8) is 0 Å². The third kappa shape index (κ3) is 13.9. The molecule has 2 N–H and O–H groups in total. The van der Waals surface area contributed by atoms with E-state index in [2.05, 4.69) is 40.8 Å². The maximum atomic E-state index is 6.63. The highest BCUT2D eigenvalue weighted by molar-refractivity contribution is 6.72. The lowest BCUT2D eigenvalue weighted by Crippen LogP contribution is -2.50. The third-order valence-corrected chi connectivity index (χ3v) is 10.6. The molecule has 0 aliphatic heterocycles. The molecule has 2 atom stereocenters. The zero-order chi connectivity index (χ0) is 22.2. The van der Waals surface area contributed by atoms with Gasteiger partial charge in [-0.1, -0.05) is 110 Å². The highest BCUT2D eigenvalue weighted by atomic mass is 28.4. The van der Waals surface area contributed by atoms with Crippen LogP contribution in [0.5, 0.6) is 0 Å². The molecule has 0 spiro atoms. The quantitative estimate of drug-likeness (QED) is 0.155. The van der Waals surface area contributed by atoms with Gasteiger partial charge in [0.05, 0.1) is 0 Å². The number of nitrogens with two attached hydrogens (primary N) is 1. The smallest absolute Gasteiger partial charge is 0.189 e. The van der Waals surface area contributed by atoms with Gasteiger partial charge in [0, 0.05) is 12.6 Å². The number of hydrogen-bond donors (Lipinski definition) is 1. The predicted octanol–water partition coefficient (Wildman–Crippen LogP) is 8.84. The molecule has 0 aromatic heterocycles. The number of unbranched alkanes of at least 4 members (excludes halogenated alkanes) is 12. The molecule has 0 saturated heterocycles. The summed E-state index contributed by atoms with van der Waals surface area (Å²) in [5.41, 5.74) is 7.18. The molecule has 2 unspecified atom stereocenters. The Hall–Kier alpha value is 0.137. The molecule has 0 aliphatic carbocycles. The van der Waals surface area contributed by atoms with Crippen LogP contribution in [-0.2, 0) is 4.43 Å². The molecule has 176 valence electrons. The van der Waals surface area contributed by atoms with E-state index in [4.69, 9.17) is 10.2 Å². The molecule has 0 rings (SSSR count). The molecule has 3 heteroatoms. The van der Waals surface area contributed by atoms with Gasteiger partial charge < -0.3 is 10.2 Å². The van der Waals surface area contributed by atoms with Crippen LogP contribution in [0.2, 0.25) is 18.6 Å². The van der Waals surface area contributed by atoms with Crippen LogP contribution >= 0.6 is 0 Å². The van der Waals surface area contributed by atoms with E-state index in [1.54, 1.807) is 0 Å². The molecule has 0 fully saturated rings. The Morgan fingerprint density at radius 2 is 1.10 bits per heavy atom. The fraction of sp³-hybridized carbons (Fsp3) is 1.00. The van der Waals surface area contributed by atoms with Crippen LogP contribution in [0, 0.1) is 5.92 Å². The molecule has 0 aromatic carbocycles. The van der Waals surface area contributed by atoms with Gasteiger partial charge in [-0.05, 0) is 44.8 Å². The average Bonchev–Trinajstić information content (AvgIpc) is 2.66. The summed E-state index contributed by atoms with van der Waals surface area (Å²) >= 11 is 0. The summed E-state index contributed by atoms with van der Waals surface area (Å²) in [6.07, 6.45) is 22.2. The van der Waals surface area contributed by atoms with E-state index in [1.807, 2.05) is 7.11 Å². The van der Waals surface area contributed by atoms with Crippen LogP contribution in [0.25, 0.3) is 0 Å². The van der Waals surface area contributed by atoms with E-state index < -0.39 is 8.32 Å². The molecule has 0 bridgehead atoms. The van der Waals surface area contributed by atoms with Crippen LogP contribution in [0.1, 0.15) is 130 Å². The van der Waals surface area contributed by atoms with Gasteiger partial charge in [-0.25, -0.2) is 0 Å². The summed E-state index contributed by atoms with van der Waals surface area (Å²) < 4.78 is 6.07. The maximum absolute atomic E-state index is 6.63. The Morgan fingerprint density at radius 1 is 0.690 bits per heavy atom. The Balaban J connectivity index is 4.09. The Morgan fingerprint density at radius 3 is 1.45 bits per heavy atom. The first-order chi connectivity index (χ1) is 13.7. The summed E-state index contributed by atoms with van der Waals surface area (Å²) in [5.74, 6) is 0.575. The van der Waals surface area contributed by atoms with E-state index in [0.29, 0.717) is 11.5 Å². The lowest BCUT2D eigenvalue weighted by Gasteiger charge is -2.43. The fourth-order valence-corrected chi connectivity index (χ4v) is 7.74. The maximum Gasteiger partial charge on any atom is 0.189 e. The van der Waals surface area contributed by atoms with Crippen molar-refractivity contribution in [2.45, 2.75) is 155 Å². The Labute approximate surface area is 186 Å². The second kappa shape index (κ2) is 16.8. The van der Waals surface area contributed by atoms with E-state index >= 15 is 0 Å². The van der Waals surface area contributed by atoms with Gasteiger partial charge in [0.2, 0.25) is 0 Å². The van der Waals surface area contributed by atoms with Gasteiger partial charge in [0.1, 0.15) is 0 Å². The lowest BCUT2D eigenvalue weighted by atomic mass is 9.80. The van der Waals surface area contributed by atoms with Gasteiger partial charge in [-0.2, -0.15) is 0 Å². The van der Waals surface area contributed by atoms with Crippen molar-refractivity contribution < 1.29 is 4.43 Å². The predicted molar refractivity (Wildman–Crippen MR) is 135 cm³/mol. The first kappa shape index (κ1) is 29.1. The molecule has 0 aliphatic rings. The fourth-order valence-electron chi connectivity index (χ4n) is 4.97. The third-order valence-electron chi connectivity index (χ3n) is 7.08. The minimum absolute atomic E-state index is 0.111. The topological polar surface area (TPSA) is 35.2 Å². The van der Waals surface area contributed by atoms with Crippen molar-refractivity contribution in [2.24, 2.45) is 11.7 Å². The van der Waals surface area contributed by atoms with Crippen molar-refractivity contribution in [2.75, 3.05) is 7.11 Å². The van der Waals surface area contributed by atoms with Crippen LogP contribution in [0.3, 0.4) is 0 Å². The average molecular weight is 428 g/mol. The molecule has 2 nitrogen and oxygen atoms in total. The highest BCUT2D eigenvalue weighted by Gasteiger charge is 2.42. The van der Waals surface area contributed by atoms with Gasteiger partial charge >= 0.3 is 0 Å². The van der Waals surface area contributed by atoms with E-state index in [9.17, 15) is 0 Å². The van der Waals surface area contributed by atoms with Gasteiger partial charge in [-0.3, -0.25) is 0 Å². The monoisotopic (exact) mass is 427 g/mol. The summed E-state index contributed by atoms with van der Waals surface area (Å²) in [4.78, 5) is 0. The summed E-state index contributed by atoms with van der Waals surface area (Å²) in [5, 5.41) is 0. The normalized spacial score (nSPS) is 14.9. The van der Waals surface area contributed by atoms with Crippen molar-refractivity contribution in [1.82, 2.24) is 0 Å². The van der Waals surface area contributed by atoms with Crippen molar-refractivity contribution >= 4 is 8.32 Å². The number of hydrogen-bond acceptors (Lipinski definition) is 2. The summed E-state index contributed by atoms with van der Waals surface area (Å²) in [7, 11) is 0.227. The molecule has 0 aromatic rings. The van der Waals surface area contributed by atoms with Crippen molar-refractivity contribution in [1.29, 1.82) is 0 Å². The molecular formula is C26H57NOSi. The molecule has 0 radical (unpaired) electrons. The summed E-state index contributed by atoms with van der Waals surface area (Å²) in [6.45, 7) is 13.8. The van der Waals surface area contributed by atoms with Gasteiger partial charge in [0.15, 0.2) is 8.32 Å². The minimum Gasteiger partial charge on any atom is -0.420 e. The van der Waals surface area contributed by atoms with Crippen LogP contribution < -0.4 is 5.73 Å². The standard InChI is InChI=1S/C26H57NOSi/c1-8-10-11-12-13-14-15-16-17-18-19-20-21-23-25(29(6,7)28-5)24(22-9-2)26(3,4)27/h24-25H,8-23,27H2,1-7H3. The molecule has 0 saturated carbocycles. The van der Waals surface area contributed by atoms with Crippen LogP contribution in [-0.4, -0.2) is 21.0 Å². The zero-order valence-electron chi connectivity index (χ0n) is 21.5. The van der Waals surface area contributed by atoms with Crippen molar-refractivity contribution in [3.05, 3.63) is 0 Å². The van der Waals surface area contributed by atoms with Crippen molar-refractivity contribution in [3.8, 4) is 0 Å². The van der Waals surface area contributed by atoms with E-state index in [-0.39, 0.29) is 5.54 Å². The van der Waals surface area contributed by atoms with Gasteiger partial charge in [0.25, 0.3) is 0 Å². The first-order valence-corrected chi connectivity index (χ1v) is 16.0. The van der Waals surface area contributed by atoms with Gasteiger partial charge in [-0.15, -0.1) is 0 Å². The Kier molecular flexibility index (Phi) is 16.9. The van der Waals surface area contributed by atoms with E-state index in [0.717, 1.165) is 0 Å². The molecule has 0 heterocycles. The Bertz CT molecular complexity index is 364. The summed E-state index contributed by atoms with van der Waals surface area (Å²) in [6, 6.07) is 0. The molecule has 0 amide bonds. The SMILES string of the molecule is CCCCCCCCCCCCCCCC(C(CCC)C(C)(C)N)[Si](C)(C)OC. The molecule has 29 heavy (non-hydrogen) atoms. The minimum atomic E-state index is -1.70. The first-order valence-electron chi connectivity index (χ1n) is 13.0. The second-order valence-electron chi connectivity index (χ2n) is 10.7. The van der Waals surface area contributed by atoms with E-state index in [1.165, 1.54) is 103 Å². The van der Waals surface area contributed by atoms with Crippen LogP contribution in [0.4, 0.5) is 0 Å².